The van der Waals surface area contributed by atoms with E-state index in [1.54, 1.807) is 12.1 Å². The van der Waals surface area contributed by atoms with Crippen LogP contribution in [0.3, 0.4) is 0 Å². The van der Waals surface area contributed by atoms with Gasteiger partial charge >= 0.3 is 0 Å². The molecule has 1 aliphatic heterocycles. The summed E-state index contributed by atoms with van der Waals surface area (Å²) in [6, 6.07) is 15.6. The molecule has 0 unspecified atom stereocenters. The number of phenols is 1. The van der Waals surface area contributed by atoms with Gasteiger partial charge in [0.15, 0.2) is 0 Å². The van der Waals surface area contributed by atoms with Gasteiger partial charge in [0.05, 0.1) is 0 Å². The van der Waals surface area contributed by atoms with E-state index in [9.17, 15) is 9.90 Å². The number of piperidine rings is 1. The van der Waals surface area contributed by atoms with Crippen molar-refractivity contribution in [2.24, 2.45) is 5.92 Å². The molecule has 4 heteroatoms. The molecule has 132 valence electrons. The lowest BCUT2D eigenvalue weighted by molar-refractivity contribution is 0.0935. The molecule has 1 heterocycles. The summed E-state index contributed by atoms with van der Waals surface area (Å²) in [6.45, 7) is 5.66. The van der Waals surface area contributed by atoms with E-state index in [1.165, 1.54) is 11.6 Å². The van der Waals surface area contributed by atoms with Crippen LogP contribution < -0.4 is 5.32 Å². The van der Waals surface area contributed by atoms with Crippen LogP contribution in [0.2, 0.25) is 0 Å². The molecule has 1 fully saturated rings. The van der Waals surface area contributed by atoms with Crippen molar-refractivity contribution in [1.82, 2.24) is 10.2 Å². The van der Waals surface area contributed by atoms with E-state index in [1.807, 2.05) is 13.0 Å². The van der Waals surface area contributed by atoms with Gasteiger partial charge in [-0.3, -0.25) is 9.69 Å². The molecular formula is C21H26N2O2. The third-order valence-electron chi connectivity index (χ3n) is 4.98. The van der Waals surface area contributed by atoms with Crippen molar-refractivity contribution >= 4 is 5.91 Å². The number of hydrogen-bond donors (Lipinski definition) is 2. The minimum atomic E-state index is -0.109. The molecule has 0 aliphatic carbocycles. The summed E-state index contributed by atoms with van der Waals surface area (Å²) >= 11 is 0. The first-order valence-electron chi connectivity index (χ1n) is 8.96. The topological polar surface area (TPSA) is 52.6 Å². The third kappa shape index (κ3) is 4.83. The van der Waals surface area contributed by atoms with Crippen LogP contribution >= 0.6 is 0 Å². The van der Waals surface area contributed by atoms with Gasteiger partial charge in [0.1, 0.15) is 5.75 Å². The Hall–Kier alpha value is -2.33. The fourth-order valence-corrected chi connectivity index (χ4v) is 3.28. The lowest BCUT2D eigenvalue weighted by Gasteiger charge is -2.32. The van der Waals surface area contributed by atoms with Crippen LogP contribution in [0, 0.1) is 12.8 Å². The number of carbonyl (C=O) groups excluding carboxylic acids is 1. The SMILES string of the molecule is Cc1ccc(C(=O)NCC2CCN(Cc3ccccc3)CC2)cc1O. The zero-order chi connectivity index (χ0) is 17.6. The van der Waals surface area contributed by atoms with Crippen molar-refractivity contribution < 1.29 is 9.90 Å². The van der Waals surface area contributed by atoms with E-state index in [-0.39, 0.29) is 11.7 Å². The highest BCUT2D eigenvalue weighted by molar-refractivity contribution is 5.94. The monoisotopic (exact) mass is 338 g/mol. The normalized spacial score (nSPS) is 15.9. The minimum Gasteiger partial charge on any atom is -0.508 e. The van der Waals surface area contributed by atoms with E-state index in [2.05, 4.69) is 34.5 Å². The van der Waals surface area contributed by atoms with Crippen molar-refractivity contribution in [2.45, 2.75) is 26.3 Å². The first kappa shape index (κ1) is 17.5. The molecular weight excluding hydrogens is 312 g/mol. The molecule has 25 heavy (non-hydrogen) atoms. The Labute approximate surface area is 149 Å². The van der Waals surface area contributed by atoms with Gasteiger partial charge in [0.2, 0.25) is 0 Å². The van der Waals surface area contributed by atoms with Crippen molar-refractivity contribution in [1.29, 1.82) is 0 Å². The number of nitrogens with zero attached hydrogens (tertiary/aromatic N) is 1. The van der Waals surface area contributed by atoms with Gasteiger partial charge in [0, 0.05) is 18.7 Å². The molecule has 3 rings (SSSR count). The van der Waals surface area contributed by atoms with Gasteiger partial charge in [-0.05, 0) is 62.0 Å². The van der Waals surface area contributed by atoms with E-state index >= 15 is 0 Å². The summed E-state index contributed by atoms with van der Waals surface area (Å²) in [6.07, 6.45) is 2.21. The second kappa shape index (κ2) is 8.17. The largest absolute Gasteiger partial charge is 0.508 e. The summed E-state index contributed by atoms with van der Waals surface area (Å²) in [5.74, 6) is 0.582. The number of likely N-dealkylation sites (tertiary alicyclic amines) is 1. The number of rotatable bonds is 5. The first-order valence-corrected chi connectivity index (χ1v) is 8.96. The van der Waals surface area contributed by atoms with Gasteiger partial charge in [-0.1, -0.05) is 36.4 Å². The number of hydrogen-bond acceptors (Lipinski definition) is 3. The van der Waals surface area contributed by atoms with Crippen molar-refractivity contribution in [3.63, 3.8) is 0 Å². The van der Waals surface area contributed by atoms with E-state index in [0.29, 0.717) is 18.0 Å². The Bertz CT molecular complexity index is 707. The maximum atomic E-state index is 12.2. The Morgan fingerprint density at radius 1 is 1.16 bits per heavy atom. The minimum absolute atomic E-state index is 0.109. The Morgan fingerprint density at radius 2 is 1.88 bits per heavy atom. The third-order valence-corrected chi connectivity index (χ3v) is 4.98. The quantitative estimate of drug-likeness (QED) is 0.879. The summed E-state index contributed by atoms with van der Waals surface area (Å²) in [5, 5.41) is 12.7. The van der Waals surface area contributed by atoms with Gasteiger partial charge in [0.25, 0.3) is 5.91 Å². The smallest absolute Gasteiger partial charge is 0.251 e. The second-order valence-corrected chi connectivity index (χ2v) is 6.92. The van der Waals surface area contributed by atoms with E-state index in [0.717, 1.165) is 38.0 Å². The number of phenolic OH excluding ortho intramolecular Hbond substituents is 1. The molecule has 0 saturated carbocycles. The van der Waals surface area contributed by atoms with Gasteiger partial charge in [-0.2, -0.15) is 0 Å². The number of aromatic hydroxyl groups is 1. The standard InChI is InChI=1S/C21H26N2O2/c1-16-7-8-19(13-20(16)24)21(25)22-14-17-9-11-23(12-10-17)15-18-5-3-2-4-6-18/h2-8,13,17,24H,9-12,14-15H2,1H3,(H,22,25). The Morgan fingerprint density at radius 3 is 2.56 bits per heavy atom. The first-order chi connectivity index (χ1) is 12.1. The van der Waals surface area contributed by atoms with Crippen molar-refractivity contribution in [2.75, 3.05) is 19.6 Å². The lowest BCUT2D eigenvalue weighted by Crippen LogP contribution is -2.38. The number of benzene rings is 2. The Kier molecular flexibility index (Phi) is 5.71. The number of carbonyl (C=O) groups is 1. The molecule has 2 N–H and O–H groups in total. The van der Waals surface area contributed by atoms with Crippen LogP contribution in [0.15, 0.2) is 48.5 Å². The van der Waals surface area contributed by atoms with Crippen LogP contribution in [-0.4, -0.2) is 35.5 Å². The van der Waals surface area contributed by atoms with Crippen LogP contribution in [0.5, 0.6) is 5.75 Å². The number of amides is 1. The zero-order valence-corrected chi connectivity index (χ0v) is 14.7. The molecule has 2 aromatic rings. The molecule has 2 aromatic carbocycles. The average Bonchev–Trinajstić information content (AvgIpc) is 2.64. The summed E-state index contributed by atoms with van der Waals surface area (Å²) in [5.41, 5.74) is 2.65. The summed E-state index contributed by atoms with van der Waals surface area (Å²) in [4.78, 5) is 14.7. The molecule has 0 aromatic heterocycles. The highest BCUT2D eigenvalue weighted by Gasteiger charge is 2.20. The predicted molar refractivity (Wildman–Crippen MR) is 99.6 cm³/mol. The van der Waals surface area contributed by atoms with Crippen LogP contribution in [-0.2, 0) is 6.54 Å². The molecule has 0 radical (unpaired) electrons. The predicted octanol–water partition coefficient (Wildman–Crippen LogP) is 3.34. The van der Waals surface area contributed by atoms with Crippen LogP contribution in [0.25, 0.3) is 0 Å². The molecule has 1 aliphatic rings. The Balaban J connectivity index is 1.43. The highest BCUT2D eigenvalue weighted by atomic mass is 16.3. The molecule has 0 atom stereocenters. The maximum absolute atomic E-state index is 12.2. The van der Waals surface area contributed by atoms with Gasteiger partial charge in [-0.25, -0.2) is 0 Å². The molecule has 0 spiro atoms. The average molecular weight is 338 g/mol. The van der Waals surface area contributed by atoms with Crippen LogP contribution in [0.4, 0.5) is 0 Å². The fourth-order valence-electron chi connectivity index (χ4n) is 3.28. The molecule has 0 bridgehead atoms. The fraction of sp³-hybridized carbons (Fsp3) is 0.381. The van der Waals surface area contributed by atoms with E-state index in [4.69, 9.17) is 0 Å². The van der Waals surface area contributed by atoms with Gasteiger partial charge in [-0.15, -0.1) is 0 Å². The van der Waals surface area contributed by atoms with Crippen LogP contribution in [0.1, 0.15) is 34.3 Å². The van der Waals surface area contributed by atoms with E-state index < -0.39 is 0 Å². The number of aryl methyl sites for hydroxylation is 1. The molecule has 4 nitrogen and oxygen atoms in total. The van der Waals surface area contributed by atoms with Gasteiger partial charge < -0.3 is 10.4 Å². The highest BCUT2D eigenvalue weighted by Crippen LogP contribution is 2.20. The molecule has 1 saturated heterocycles. The second-order valence-electron chi connectivity index (χ2n) is 6.92. The summed E-state index contributed by atoms with van der Waals surface area (Å²) in [7, 11) is 0. The summed E-state index contributed by atoms with van der Waals surface area (Å²) < 4.78 is 0. The molecule has 1 amide bonds. The maximum Gasteiger partial charge on any atom is 0.251 e. The lowest BCUT2D eigenvalue weighted by atomic mass is 9.96. The van der Waals surface area contributed by atoms with Crippen molar-refractivity contribution in [3.05, 3.63) is 65.2 Å². The van der Waals surface area contributed by atoms with Crippen molar-refractivity contribution in [3.8, 4) is 5.75 Å². The zero-order valence-electron chi connectivity index (χ0n) is 14.7. The number of nitrogens with one attached hydrogen (secondary N) is 1.